The Morgan fingerprint density at radius 1 is 0.957 bits per heavy atom. The molecule has 0 saturated carbocycles. The number of esters is 1. The smallest absolute Gasteiger partial charge is 0.343 e. The lowest BCUT2D eigenvalue weighted by atomic mass is 10.0. The fourth-order valence-electron chi connectivity index (χ4n) is 2.39. The van der Waals surface area contributed by atoms with E-state index in [2.05, 4.69) is 13.8 Å². The van der Waals surface area contributed by atoms with E-state index in [0.717, 1.165) is 5.56 Å². The molecule has 120 valence electrons. The maximum Gasteiger partial charge on any atom is 0.343 e. The molecule has 0 aliphatic carbocycles. The summed E-state index contributed by atoms with van der Waals surface area (Å²) in [5, 5.41) is 9.05. The topological polar surface area (TPSA) is 63.6 Å². The van der Waals surface area contributed by atoms with E-state index in [1.54, 1.807) is 26.0 Å². The summed E-state index contributed by atoms with van der Waals surface area (Å²) in [6.45, 7) is 7.63. The molecule has 1 N–H and O–H groups in total. The van der Waals surface area contributed by atoms with Gasteiger partial charge in [-0.3, -0.25) is 0 Å². The van der Waals surface area contributed by atoms with Crippen LogP contribution in [-0.4, -0.2) is 17.0 Å². The second-order valence-electron chi connectivity index (χ2n) is 5.91. The SMILES string of the molecule is Cc1cc(C(=O)O)cc(C)c1OC(=O)c1ccc(C(C)C)cc1. The van der Waals surface area contributed by atoms with Crippen molar-refractivity contribution in [3.8, 4) is 5.75 Å². The molecule has 0 unspecified atom stereocenters. The molecule has 0 bridgehead atoms. The zero-order valence-electron chi connectivity index (χ0n) is 13.7. The van der Waals surface area contributed by atoms with Gasteiger partial charge in [0, 0.05) is 0 Å². The zero-order valence-corrected chi connectivity index (χ0v) is 13.7. The molecule has 0 atom stereocenters. The number of hydrogen-bond donors (Lipinski definition) is 1. The Kier molecular flexibility index (Phi) is 4.84. The molecule has 0 amide bonds. The lowest BCUT2D eigenvalue weighted by Crippen LogP contribution is -2.11. The minimum atomic E-state index is -1.00. The Bertz CT molecular complexity index is 719. The molecule has 0 aromatic heterocycles. The molecule has 2 rings (SSSR count). The van der Waals surface area contributed by atoms with E-state index >= 15 is 0 Å². The third-order valence-corrected chi connectivity index (χ3v) is 3.72. The number of benzene rings is 2. The van der Waals surface area contributed by atoms with Gasteiger partial charge in [-0.05, 0) is 60.7 Å². The van der Waals surface area contributed by atoms with E-state index in [1.165, 1.54) is 12.1 Å². The predicted molar refractivity (Wildman–Crippen MR) is 88.4 cm³/mol. The summed E-state index contributed by atoms with van der Waals surface area (Å²) in [6, 6.07) is 10.3. The molecule has 2 aromatic rings. The molecule has 0 fully saturated rings. The van der Waals surface area contributed by atoms with E-state index in [0.29, 0.717) is 28.4 Å². The van der Waals surface area contributed by atoms with Gasteiger partial charge in [-0.2, -0.15) is 0 Å². The van der Waals surface area contributed by atoms with Gasteiger partial charge in [-0.1, -0.05) is 26.0 Å². The fourth-order valence-corrected chi connectivity index (χ4v) is 2.39. The third kappa shape index (κ3) is 3.77. The quantitative estimate of drug-likeness (QED) is 0.673. The van der Waals surface area contributed by atoms with Crippen molar-refractivity contribution >= 4 is 11.9 Å². The summed E-state index contributed by atoms with van der Waals surface area (Å²) in [7, 11) is 0. The van der Waals surface area contributed by atoms with Crippen molar-refractivity contribution in [2.45, 2.75) is 33.6 Å². The predicted octanol–water partition coefficient (Wildman–Crippen LogP) is 4.34. The van der Waals surface area contributed by atoms with Gasteiger partial charge in [0.1, 0.15) is 5.75 Å². The first-order chi connectivity index (χ1) is 10.8. The number of carbonyl (C=O) groups is 2. The largest absolute Gasteiger partial charge is 0.478 e. The van der Waals surface area contributed by atoms with Crippen LogP contribution in [0.4, 0.5) is 0 Å². The number of carbonyl (C=O) groups excluding carboxylic acids is 1. The Balaban J connectivity index is 2.25. The van der Waals surface area contributed by atoms with Crippen LogP contribution >= 0.6 is 0 Å². The van der Waals surface area contributed by atoms with Crippen molar-refractivity contribution in [2.75, 3.05) is 0 Å². The van der Waals surface area contributed by atoms with Crippen LogP contribution in [-0.2, 0) is 0 Å². The van der Waals surface area contributed by atoms with Gasteiger partial charge < -0.3 is 9.84 Å². The normalized spacial score (nSPS) is 10.7. The van der Waals surface area contributed by atoms with Crippen LogP contribution in [0.5, 0.6) is 5.75 Å². The molecule has 0 saturated heterocycles. The van der Waals surface area contributed by atoms with Gasteiger partial charge in [-0.25, -0.2) is 9.59 Å². The van der Waals surface area contributed by atoms with Gasteiger partial charge in [-0.15, -0.1) is 0 Å². The monoisotopic (exact) mass is 312 g/mol. The van der Waals surface area contributed by atoms with Gasteiger partial charge in [0.2, 0.25) is 0 Å². The minimum absolute atomic E-state index is 0.182. The summed E-state index contributed by atoms with van der Waals surface area (Å²) in [5.41, 5.74) is 3.04. The van der Waals surface area contributed by atoms with Crippen molar-refractivity contribution < 1.29 is 19.4 Å². The first-order valence-corrected chi connectivity index (χ1v) is 7.46. The summed E-state index contributed by atoms with van der Waals surface area (Å²) >= 11 is 0. The van der Waals surface area contributed by atoms with Gasteiger partial charge >= 0.3 is 11.9 Å². The zero-order chi connectivity index (χ0) is 17.1. The highest BCUT2D eigenvalue weighted by Gasteiger charge is 2.15. The fraction of sp³-hybridized carbons (Fsp3) is 0.263. The first-order valence-electron chi connectivity index (χ1n) is 7.46. The highest BCUT2D eigenvalue weighted by atomic mass is 16.5. The van der Waals surface area contributed by atoms with Gasteiger partial charge in [0.05, 0.1) is 11.1 Å². The molecular weight excluding hydrogens is 292 g/mol. The van der Waals surface area contributed by atoms with Gasteiger partial charge in [0.15, 0.2) is 0 Å². The van der Waals surface area contributed by atoms with E-state index in [-0.39, 0.29) is 5.56 Å². The van der Waals surface area contributed by atoms with E-state index in [4.69, 9.17) is 9.84 Å². The molecule has 0 spiro atoms. The lowest BCUT2D eigenvalue weighted by Gasteiger charge is -2.12. The van der Waals surface area contributed by atoms with Crippen LogP contribution in [0.15, 0.2) is 36.4 Å². The van der Waals surface area contributed by atoms with Crippen LogP contribution in [0.2, 0.25) is 0 Å². The van der Waals surface area contributed by atoms with Crippen molar-refractivity contribution in [1.82, 2.24) is 0 Å². The highest BCUT2D eigenvalue weighted by Crippen LogP contribution is 2.26. The summed E-state index contributed by atoms with van der Waals surface area (Å²) in [6.07, 6.45) is 0. The average molecular weight is 312 g/mol. The van der Waals surface area contributed by atoms with Crippen LogP contribution in [0.3, 0.4) is 0 Å². The highest BCUT2D eigenvalue weighted by molar-refractivity contribution is 5.92. The molecule has 0 aliphatic heterocycles. The second-order valence-corrected chi connectivity index (χ2v) is 5.91. The maximum absolute atomic E-state index is 12.3. The Morgan fingerprint density at radius 2 is 1.48 bits per heavy atom. The number of rotatable bonds is 4. The summed E-state index contributed by atoms with van der Waals surface area (Å²) in [4.78, 5) is 23.3. The van der Waals surface area contributed by atoms with Crippen LogP contribution in [0.25, 0.3) is 0 Å². The summed E-state index contributed by atoms with van der Waals surface area (Å²) < 4.78 is 5.47. The Morgan fingerprint density at radius 3 is 1.91 bits per heavy atom. The van der Waals surface area contributed by atoms with E-state index in [1.807, 2.05) is 12.1 Å². The molecule has 23 heavy (non-hydrogen) atoms. The molecule has 4 nitrogen and oxygen atoms in total. The van der Waals surface area contributed by atoms with Gasteiger partial charge in [0.25, 0.3) is 0 Å². The number of aromatic carboxylic acids is 1. The minimum Gasteiger partial charge on any atom is -0.478 e. The molecule has 0 radical (unpaired) electrons. The molecular formula is C19H20O4. The second kappa shape index (κ2) is 6.65. The van der Waals surface area contributed by atoms with Crippen molar-refractivity contribution in [3.63, 3.8) is 0 Å². The third-order valence-electron chi connectivity index (χ3n) is 3.72. The van der Waals surface area contributed by atoms with Crippen LogP contribution in [0.1, 0.15) is 57.2 Å². The average Bonchev–Trinajstić information content (AvgIpc) is 2.50. The number of hydrogen-bond acceptors (Lipinski definition) is 3. The summed E-state index contributed by atoms with van der Waals surface area (Å²) in [5.74, 6) is -0.644. The standard InChI is InChI=1S/C19H20O4/c1-11(2)14-5-7-15(8-6-14)19(22)23-17-12(3)9-16(18(20)21)10-13(17)4/h5-11H,1-4H3,(H,20,21). The van der Waals surface area contributed by atoms with E-state index < -0.39 is 11.9 Å². The van der Waals surface area contributed by atoms with Crippen molar-refractivity contribution in [2.24, 2.45) is 0 Å². The number of carboxylic acids is 1. The number of ether oxygens (including phenoxy) is 1. The van der Waals surface area contributed by atoms with Crippen molar-refractivity contribution in [3.05, 3.63) is 64.2 Å². The lowest BCUT2D eigenvalue weighted by molar-refractivity contribution is 0.0696. The molecule has 2 aromatic carbocycles. The first kappa shape index (κ1) is 16.7. The maximum atomic E-state index is 12.3. The van der Waals surface area contributed by atoms with Crippen molar-refractivity contribution in [1.29, 1.82) is 0 Å². The Hall–Kier alpha value is -2.62. The van der Waals surface area contributed by atoms with E-state index in [9.17, 15) is 9.59 Å². The molecule has 0 aliphatic rings. The number of carboxylic acid groups (broad SMARTS) is 1. The number of aryl methyl sites for hydroxylation is 2. The van der Waals surface area contributed by atoms with Crippen LogP contribution < -0.4 is 4.74 Å². The molecule has 0 heterocycles. The van der Waals surface area contributed by atoms with Crippen LogP contribution in [0, 0.1) is 13.8 Å². The molecule has 4 heteroatoms. The Labute approximate surface area is 135 Å².